The first-order chi connectivity index (χ1) is 10.2. The lowest BCUT2D eigenvalue weighted by Gasteiger charge is -2.14. The number of rotatable bonds is 3. The SMILES string of the molecule is O=C1C2CCCC2C(=O)N1Cc1ccc(C#CCCO)s1. The largest absolute Gasteiger partial charge is 0.395 e. The molecule has 0 radical (unpaired) electrons. The Labute approximate surface area is 127 Å². The van der Waals surface area contributed by atoms with Gasteiger partial charge in [-0.25, -0.2) is 0 Å². The number of hydrogen-bond acceptors (Lipinski definition) is 4. The molecule has 1 saturated carbocycles. The average molecular weight is 303 g/mol. The molecule has 1 aliphatic heterocycles. The normalized spacial score (nSPS) is 24.1. The molecule has 2 atom stereocenters. The molecular weight excluding hydrogens is 286 g/mol. The minimum atomic E-state index is -0.0683. The van der Waals surface area contributed by atoms with Crippen molar-refractivity contribution < 1.29 is 14.7 Å². The fraction of sp³-hybridized carbons (Fsp3) is 0.500. The van der Waals surface area contributed by atoms with Gasteiger partial charge in [-0.3, -0.25) is 14.5 Å². The number of aliphatic hydroxyl groups excluding tert-OH is 1. The summed E-state index contributed by atoms with van der Waals surface area (Å²) >= 11 is 1.50. The third-order valence-corrected chi connectivity index (χ3v) is 5.09. The third kappa shape index (κ3) is 2.74. The molecule has 2 heterocycles. The Hall–Kier alpha value is -1.64. The van der Waals surface area contributed by atoms with Crippen molar-refractivity contribution in [3.8, 4) is 11.8 Å². The number of imide groups is 1. The van der Waals surface area contributed by atoms with E-state index in [9.17, 15) is 9.59 Å². The van der Waals surface area contributed by atoms with Gasteiger partial charge in [-0.05, 0) is 25.0 Å². The molecule has 4 nitrogen and oxygen atoms in total. The standard InChI is InChI=1S/C16H17NO3S/c18-9-2-1-4-11-7-8-12(21-11)10-17-15(19)13-5-3-6-14(13)16(17)20/h7-8,13-14,18H,2-3,5-6,9-10H2. The quantitative estimate of drug-likeness (QED) is 0.684. The number of amides is 2. The number of carbonyl (C=O) groups excluding carboxylic acids is 2. The molecule has 2 aliphatic rings. The lowest BCUT2D eigenvalue weighted by atomic mass is 10.00. The molecule has 2 fully saturated rings. The number of fused-ring (bicyclic) bond motifs is 1. The molecule has 1 N–H and O–H groups in total. The van der Waals surface area contributed by atoms with Gasteiger partial charge in [-0.1, -0.05) is 18.3 Å². The van der Waals surface area contributed by atoms with Crippen LogP contribution >= 0.6 is 11.3 Å². The first-order valence-electron chi connectivity index (χ1n) is 7.24. The van der Waals surface area contributed by atoms with Crippen LogP contribution in [0.2, 0.25) is 0 Å². The van der Waals surface area contributed by atoms with E-state index in [2.05, 4.69) is 11.8 Å². The number of nitrogens with zero attached hydrogens (tertiary/aromatic N) is 1. The fourth-order valence-electron chi connectivity index (χ4n) is 3.11. The number of aliphatic hydroxyl groups is 1. The zero-order valence-corrected chi connectivity index (χ0v) is 12.5. The summed E-state index contributed by atoms with van der Waals surface area (Å²) < 4.78 is 0. The Morgan fingerprint density at radius 1 is 1.24 bits per heavy atom. The second-order valence-electron chi connectivity index (χ2n) is 5.45. The summed E-state index contributed by atoms with van der Waals surface area (Å²) in [5, 5.41) is 8.70. The van der Waals surface area contributed by atoms with Crippen molar-refractivity contribution in [2.45, 2.75) is 32.2 Å². The summed E-state index contributed by atoms with van der Waals surface area (Å²) in [6, 6.07) is 3.82. The van der Waals surface area contributed by atoms with Crippen LogP contribution in [0, 0.1) is 23.7 Å². The van der Waals surface area contributed by atoms with E-state index in [-0.39, 0.29) is 30.3 Å². The van der Waals surface area contributed by atoms with Crippen molar-refractivity contribution in [2.24, 2.45) is 11.8 Å². The van der Waals surface area contributed by atoms with E-state index in [0.717, 1.165) is 29.0 Å². The van der Waals surface area contributed by atoms with Crippen LogP contribution < -0.4 is 0 Å². The Balaban J connectivity index is 1.69. The van der Waals surface area contributed by atoms with Gasteiger partial charge in [-0.2, -0.15) is 0 Å². The van der Waals surface area contributed by atoms with Crippen LogP contribution in [-0.4, -0.2) is 28.4 Å². The molecule has 2 amide bonds. The topological polar surface area (TPSA) is 57.6 Å². The molecule has 1 aromatic heterocycles. The van der Waals surface area contributed by atoms with Crippen LogP contribution in [0.5, 0.6) is 0 Å². The predicted octanol–water partition coefficient (Wildman–Crippen LogP) is 1.77. The predicted molar refractivity (Wildman–Crippen MR) is 79.3 cm³/mol. The zero-order chi connectivity index (χ0) is 14.8. The highest BCUT2D eigenvalue weighted by atomic mass is 32.1. The second-order valence-corrected chi connectivity index (χ2v) is 6.62. The summed E-state index contributed by atoms with van der Waals surface area (Å²) in [5.41, 5.74) is 0. The van der Waals surface area contributed by atoms with Crippen molar-refractivity contribution in [3.05, 3.63) is 21.9 Å². The molecule has 0 bridgehead atoms. The van der Waals surface area contributed by atoms with E-state index in [1.165, 1.54) is 16.2 Å². The van der Waals surface area contributed by atoms with Gasteiger partial charge >= 0.3 is 0 Å². The van der Waals surface area contributed by atoms with Gasteiger partial charge in [0.1, 0.15) is 0 Å². The van der Waals surface area contributed by atoms with Gasteiger partial charge in [-0.15, -0.1) is 11.3 Å². The van der Waals surface area contributed by atoms with Crippen LogP contribution in [0.25, 0.3) is 0 Å². The highest BCUT2D eigenvalue weighted by Gasteiger charge is 2.49. The number of hydrogen-bond donors (Lipinski definition) is 1. The Morgan fingerprint density at radius 3 is 2.62 bits per heavy atom. The summed E-state index contributed by atoms with van der Waals surface area (Å²) in [5.74, 6) is 5.72. The lowest BCUT2D eigenvalue weighted by Crippen LogP contribution is -2.30. The minimum Gasteiger partial charge on any atom is -0.395 e. The van der Waals surface area contributed by atoms with Crippen molar-refractivity contribution in [1.29, 1.82) is 0 Å². The van der Waals surface area contributed by atoms with E-state index in [1.54, 1.807) is 0 Å². The molecule has 1 aromatic rings. The first-order valence-corrected chi connectivity index (χ1v) is 8.06. The van der Waals surface area contributed by atoms with E-state index >= 15 is 0 Å². The van der Waals surface area contributed by atoms with Gasteiger partial charge in [0, 0.05) is 11.3 Å². The van der Waals surface area contributed by atoms with E-state index in [1.807, 2.05) is 12.1 Å². The lowest BCUT2D eigenvalue weighted by molar-refractivity contribution is -0.140. The monoisotopic (exact) mass is 303 g/mol. The smallest absolute Gasteiger partial charge is 0.233 e. The van der Waals surface area contributed by atoms with Crippen molar-refractivity contribution in [3.63, 3.8) is 0 Å². The molecule has 2 unspecified atom stereocenters. The van der Waals surface area contributed by atoms with Crippen LogP contribution in [0.3, 0.4) is 0 Å². The molecule has 1 aliphatic carbocycles. The Kier molecular flexibility index (Phi) is 4.09. The molecule has 110 valence electrons. The average Bonchev–Trinajstić information content (AvgIpc) is 3.16. The summed E-state index contributed by atoms with van der Waals surface area (Å²) in [6.07, 6.45) is 3.16. The molecule has 0 spiro atoms. The van der Waals surface area contributed by atoms with E-state index in [0.29, 0.717) is 13.0 Å². The number of carbonyl (C=O) groups is 2. The van der Waals surface area contributed by atoms with Crippen molar-refractivity contribution in [2.75, 3.05) is 6.61 Å². The summed E-state index contributed by atoms with van der Waals surface area (Å²) in [4.78, 5) is 27.8. The van der Waals surface area contributed by atoms with Gasteiger partial charge in [0.2, 0.25) is 11.8 Å². The molecule has 1 saturated heterocycles. The Bertz CT molecular complexity index is 603. The fourth-order valence-corrected chi connectivity index (χ4v) is 3.98. The maximum atomic E-state index is 12.3. The van der Waals surface area contributed by atoms with Crippen molar-refractivity contribution >= 4 is 23.2 Å². The molecule has 0 aromatic carbocycles. The van der Waals surface area contributed by atoms with Crippen LogP contribution in [0.4, 0.5) is 0 Å². The van der Waals surface area contributed by atoms with Crippen molar-refractivity contribution in [1.82, 2.24) is 4.90 Å². The minimum absolute atomic E-state index is 0.00353. The maximum absolute atomic E-state index is 12.3. The maximum Gasteiger partial charge on any atom is 0.233 e. The molecule has 3 rings (SSSR count). The van der Waals surface area contributed by atoms with Crippen LogP contribution in [0.1, 0.15) is 35.4 Å². The van der Waals surface area contributed by atoms with Gasteiger partial charge in [0.05, 0.1) is 29.9 Å². The highest BCUT2D eigenvalue weighted by Crippen LogP contribution is 2.40. The van der Waals surface area contributed by atoms with Gasteiger partial charge in [0.25, 0.3) is 0 Å². The van der Waals surface area contributed by atoms with Crippen LogP contribution in [-0.2, 0) is 16.1 Å². The molecule has 21 heavy (non-hydrogen) atoms. The number of likely N-dealkylation sites (tertiary alicyclic amines) is 1. The second kappa shape index (κ2) is 6.00. The molecule has 5 heteroatoms. The highest BCUT2D eigenvalue weighted by molar-refractivity contribution is 7.12. The zero-order valence-electron chi connectivity index (χ0n) is 11.7. The number of thiophene rings is 1. The first kappa shape index (κ1) is 14.3. The Morgan fingerprint density at radius 2 is 1.95 bits per heavy atom. The third-order valence-electron chi connectivity index (χ3n) is 4.11. The van der Waals surface area contributed by atoms with Gasteiger partial charge < -0.3 is 5.11 Å². The summed E-state index contributed by atoms with van der Waals surface area (Å²) in [7, 11) is 0. The molecular formula is C16H17NO3S. The van der Waals surface area contributed by atoms with E-state index in [4.69, 9.17) is 5.11 Å². The summed E-state index contributed by atoms with van der Waals surface area (Å²) in [6.45, 7) is 0.432. The van der Waals surface area contributed by atoms with E-state index < -0.39 is 0 Å². The van der Waals surface area contributed by atoms with Gasteiger partial charge in [0.15, 0.2) is 0 Å². The van der Waals surface area contributed by atoms with Crippen LogP contribution in [0.15, 0.2) is 12.1 Å².